The highest BCUT2D eigenvalue weighted by molar-refractivity contribution is 7.18. The first-order chi connectivity index (χ1) is 10.5. The number of anilines is 1. The van der Waals surface area contributed by atoms with E-state index in [1.54, 1.807) is 11.3 Å². The molecule has 0 saturated carbocycles. The summed E-state index contributed by atoms with van der Waals surface area (Å²) < 4.78 is 0. The van der Waals surface area contributed by atoms with E-state index in [9.17, 15) is 5.11 Å². The second-order valence-corrected chi connectivity index (χ2v) is 7.60. The Morgan fingerprint density at radius 3 is 2.82 bits per heavy atom. The van der Waals surface area contributed by atoms with E-state index in [-0.39, 0.29) is 6.61 Å². The zero-order valence-corrected chi connectivity index (χ0v) is 14.3. The SMILES string of the molecule is Cc1sc2nc(CN3CC(CO)CCC3C)nc(N)c2c1C. The molecule has 0 spiro atoms. The molecule has 3 rings (SSSR count). The van der Waals surface area contributed by atoms with Gasteiger partial charge in [-0.3, -0.25) is 4.90 Å². The summed E-state index contributed by atoms with van der Waals surface area (Å²) in [6.45, 7) is 8.27. The molecule has 1 fully saturated rings. The minimum absolute atomic E-state index is 0.258. The number of likely N-dealkylation sites (tertiary alicyclic amines) is 1. The molecule has 6 heteroatoms. The lowest BCUT2D eigenvalue weighted by atomic mass is 9.94. The first-order valence-electron chi connectivity index (χ1n) is 7.86. The molecule has 0 aliphatic carbocycles. The molecule has 1 aliphatic rings. The summed E-state index contributed by atoms with van der Waals surface area (Å²) in [6.07, 6.45) is 2.21. The van der Waals surface area contributed by atoms with Crippen LogP contribution in [0.4, 0.5) is 5.82 Å². The van der Waals surface area contributed by atoms with Crippen molar-refractivity contribution in [2.45, 2.75) is 46.2 Å². The molecule has 120 valence electrons. The summed E-state index contributed by atoms with van der Waals surface area (Å²) in [5.41, 5.74) is 7.35. The van der Waals surface area contributed by atoms with Crippen molar-refractivity contribution in [3.8, 4) is 0 Å². The normalized spacial score (nSPS) is 23.3. The Kier molecular flexibility index (Phi) is 4.34. The molecule has 1 saturated heterocycles. The smallest absolute Gasteiger partial charge is 0.146 e. The zero-order chi connectivity index (χ0) is 15.9. The van der Waals surface area contributed by atoms with Gasteiger partial charge in [-0.05, 0) is 45.1 Å². The Hall–Kier alpha value is -1.24. The lowest BCUT2D eigenvalue weighted by molar-refractivity contribution is 0.0753. The number of aromatic nitrogens is 2. The average molecular weight is 320 g/mol. The second-order valence-electron chi connectivity index (χ2n) is 6.39. The Morgan fingerprint density at radius 1 is 1.32 bits per heavy atom. The van der Waals surface area contributed by atoms with Crippen molar-refractivity contribution >= 4 is 27.4 Å². The number of hydrogen-bond acceptors (Lipinski definition) is 6. The summed E-state index contributed by atoms with van der Waals surface area (Å²) in [5, 5.41) is 10.4. The molecular weight excluding hydrogens is 296 g/mol. The number of fused-ring (bicyclic) bond motifs is 1. The Labute approximate surface area is 135 Å². The number of nitrogens with zero attached hydrogens (tertiary/aromatic N) is 3. The van der Waals surface area contributed by atoms with Crippen LogP contribution in [0.15, 0.2) is 0 Å². The number of aryl methyl sites for hydroxylation is 2. The molecule has 0 radical (unpaired) electrons. The molecule has 2 atom stereocenters. The summed E-state index contributed by atoms with van der Waals surface area (Å²) in [6, 6.07) is 0.495. The van der Waals surface area contributed by atoms with Crippen LogP contribution in [0.3, 0.4) is 0 Å². The molecule has 22 heavy (non-hydrogen) atoms. The second kappa shape index (κ2) is 6.10. The van der Waals surface area contributed by atoms with Crippen LogP contribution >= 0.6 is 11.3 Å². The fourth-order valence-electron chi connectivity index (χ4n) is 3.21. The van der Waals surface area contributed by atoms with Crippen LogP contribution in [0.25, 0.3) is 10.2 Å². The van der Waals surface area contributed by atoms with Gasteiger partial charge in [-0.15, -0.1) is 11.3 Å². The van der Waals surface area contributed by atoms with Crippen LogP contribution in [0.5, 0.6) is 0 Å². The van der Waals surface area contributed by atoms with Gasteiger partial charge in [-0.1, -0.05) is 0 Å². The van der Waals surface area contributed by atoms with Crippen LogP contribution in [-0.2, 0) is 6.54 Å². The van der Waals surface area contributed by atoms with Gasteiger partial charge in [-0.25, -0.2) is 9.97 Å². The average Bonchev–Trinajstić information content (AvgIpc) is 2.76. The van der Waals surface area contributed by atoms with Crippen molar-refractivity contribution in [2.75, 3.05) is 18.9 Å². The maximum Gasteiger partial charge on any atom is 0.146 e. The third-order valence-electron chi connectivity index (χ3n) is 4.81. The first kappa shape index (κ1) is 15.6. The van der Waals surface area contributed by atoms with Crippen molar-refractivity contribution in [3.05, 3.63) is 16.3 Å². The highest BCUT2D eigenvalue weighted by atomic mass is 32.1. The van der Waals surface area contributed by atoms with Crippen LogP contribution < -0.4 is 5.73 Å². The van der Waals surface area contributed by atoms with Gasteiger partial charge in [-0.2, -0.15) is 0 Å². The van der Waals surface area contributed by atoms with Crippen LogP contribution in [0, 0.1) is 19.8 Å². The van der Waals surface area contributed by atoms with E-state index in [4.69, 9.17) is 10.7 Å². The van der Waals surface area contributed by atoms with E-state index in [0.717, 1.165) is 35.4 Å². The van der Waals surface area contributed by atoms with Crippen molar-refractivity contribution in [3.63, 3.8) is 0 Å². The number of hydrogen-bond donors (Lipinski definition) is 2. The molecule has 1 aliphatic heterocycles. The molecule has 0 aromatic carbocycles. The minimum atomic E-state index is 0.258. The van der Waals surface area contributed by atoms with E-state index in [1.165, 1.54) is 10.4 Å². The standard InChI is InChI=1S/C16H24N4OS/c1-9-4-5-12(8-21)6-20(9)7-13-18-15(17)14-10(2)11(3)22-16(14)19-13/h9,12,21H,4-8H2,1-3H3,(H2,17,18,19). The topological polar surface area (TPSA) is 75.3 Å². The quantitative estimate of drug-likeness (QED) is 0.909. The number of nitrogens with two attached hydrogens (primary N) is 1. The molecule has 2 aromatic rings. The molecule has 5 nitrogen and oxygen atoms in total. The largest absolute Gasteiger partial charge is 0.396 e. The Bertz CT molecular complexity index is 684. The number of piperidine rings is 1. The Balaban J connectivity index is 1.87. The summed E-state index contributed by atoms with van der Waals surface area (Å²) in [7, 11) is 0. The van der Waals surface area contributed by atoms with Crippen LogP contribution in [0.2, 0.25) is 0 Å². The first-order valence-corrected chi connectivity index (χ1v) is 8.68. The van der Waals surface area contributed by atoms with Gasteiger partial charge in [0.25, 0.3) is 0 Å². The van der Waals surface area contributed by atoms with Gasteiger partial charge in [0.1, 0.15) is 16.5 Å². The molecule has 3 N–H and O–H groups in total. The van der Waals surface area contributed by atoms with E-state index < -0.39 is 0 Å². The number of rotatable bonds is 3. The van der Waals surface area contributed by atoms with E-state index in [1.807, 2.05) is 0 Å². The number of nitrogen functional groups attached to an aromatic ring is 1. The zero-order valence-electron chi connectivity index (χ0n) is 13.5. The molecule has 3 heterocycles. The van der Waals surface area contributed by atoms with Crippen molar-refractivity contribution in [2.24, 2.45) is 5.92 Å². The summed E-state index contributed by atoms with van der Waals surface area (Å²) >= 11 is 1.69. The highest BCUT2D eigenvalue weighted by Gasteiger charge is 2.26. The van der Waals surface area contributed by atoms with E-state index in [2.05, 4.69) is 30.7 Å². The highest BCUT2D eigenvalue weighted by Crippen LogP contribution is 2.32. The van der Waals surface area contributed by atoms with Gasteiger partial charge in [0.15, 0.2) is 0 Å². The lowest BCUT2D eigenvalue weighted by Gasteiger charge is -2.36. The molecule has 0 amide bonds. The maximum absolute atomic E-state index is 9.40. The molecule has 2 unspecified atom stereocenters. The van der Waals surface area contributed by atoms with Crippen LogP contribution in [0.1, 0.15) is 36.0 Å². The maximum atomic E-state index is 9.40. The van der Waals surface area contributed by atoms with Crippen LogP contribution in [-0.4, -0.2) is 39.2 Å². The van der Waals surface area contributed by atoms with Gasteiger partial charge in [0.2, 0.25) is 0 Å². The molecular formula is C16H24N4OS. The van der Waals surface area contributed by atoms with E-state index in [0.29, 0.717) is 24.3 Å². The molecule has 2 aromatic heterocycles. The molecule has 0 bridgehead atoms. The van der Waals surface area contributed by atoms with Crippen molar-refractivity contribution < 1.29 is 5.11 Å². The van der Waals surface area contributed by atoms with Gasteiger partial charge >= 0.3 is 0 Å². The van der Waals surface area contributed by atoms with E-state index >= 15 is 0 Å². The predicted octanol–water partition coefficient (Wildman–Crippen LogP) is 2.48. The Morgan fingerprint density at radius 2 is 2.09 bits per heavy atom. The van der Waals surface area contributed by atoms with Crippen molar-refractivity contribution in [1.82, 2.24) is 14.9 Å². The monoisotopic (exact) mass is 320 g/mol. The van der Waals surface area contributed by atoms with Crippen molar-refractivity contribution in [1.29, 1.82) is 0 Å². The third kappa shape index (κ3) is 2.83. The summed E-state index contributed by atoms with van der Waals surface area (Å²) in [5.74, 6) is 1.74. The number of aliphatic hydroxyl groups excluding tert-OH is 1. The van der Waals surface area contributed by atoms with Gasteiger partial charge < -0.3 is 10.8 Å². The number of aliphatic hydroxyl groups is 1. The minimum Gasteiger partial charge on any atom is -0.396 e. The third-order valence-corrected chi connectivity index (χ3v) is 5.92. The lowest BCUT2D eigenvalue weighted by Crippen LogP contribution is -2.42. The predicted molar refractivity (Wildman–Crippen MR) is 91.0 cm³/mol. The summed E-state index contributed by atoms with van der Waals surface area (Å²) in [4.78, 5) is 13.8. The van der Waals surface area contributed by atoms with Gasteiger partial charge in [0.05, 0.1) is 11.9 Å². The van der Waals surface area contributed by atoms with Gasteiger partial charge in [0, 0.05) is 24.1 Å². The number of thiophene rings is 1. The fraction of sp³-hybridized carbons (Fsp3) is 0.625. The fourth-order valence-corrected chi connectivity index (χ4v) is 4.27.